The molecular formula is C25H25F3O2. The number of phenolic OH excluding ortho intramolecular Hbond substituents is 1. The van der Waals surface area contributed by atoms with Crippen molar-refractivity contribution >= 4 is 0 Å². The second-order valence-corrected chi connectivity index (χ2v) is 8.36. The molecule has 0 bridgehead atoms. The van der Waals surface area contributed by atoms with Crippen LogP contribution in [0, 0.1) is 0 Å². The van der Waals surface area contributed by atoms with E-state index in [9.17, 15) is 18.3 Å². The van der Waals surface area contributed by atoms with E-state index in [1.54, 1.807) is 24.3 Å². The van der Waals surface area contributed by atoms with Crippen molar-refractivity contribution in [2.75, 3.05) is 0 Å². The topological polar surface area (TPSA) is 29.5 Å². The average Bonchev–Trinajstić information content (AvgIpc) is 2.66. The quantitative estimate of drug-likeness (QED) is 0.485. The van der Waals surface area contributed by atoms with Gasteiger partial charge in [0.25, 0.3) is 0 Å². The van der Waals surface area contributed by atoms with Crippen molar-refractivity contribution in [3.05, 3.63) is 83.4 Å². The fourth-order valence-corrected chi connectivity index (χ4v) is 3.26. The number of aryl methyl sites for hydroxylation is 2. The third-order valence-electron chi connectivity index (χ3n) is 5.00. The Labute approximate surface area is 175 Å². The molecule has 3 rings (SSSR count). The van der Waals surface area contributed by atoms with Crippen molar-refractivity contribution in [3.63, 3.8) is 0 Å². The summed E-state index contributed by atoms with van der Waals surface area (Å²) in [4.78, 5) is 0. The number of hydrogen-bond donors (Lipinski definition) is 1. The highest BCUT2D eigenvalue weighted by molar-refractivity contribution is 5.66. The van der Waals surface area contributed by atoms with Crippen LogP contribution < -0.4 is 4.74 Å². The molecule has 0 saturated carbocycles. The minimum Gasteiger partial charge on any atom is -0.508 e. The lowest BCUT2D eigenvalue weighted by Gasteiger charge is -2.19. The van der Waals surface area contributed by atoms with Crippen molar-refractivity contribution in [1.82, 2.24) is 0 Å². The van der Waals surface area contributed by atoms with Gasteiger partial charge in [0.1, 0.15) is 11.5 Å². The van der Waals surface area contributed by atoms with Gasteiger partial charge in [-0.3, -0.25) is 0 Å². The van der Waals surface area contributed by atoms with E-state index in [0.29, 0.717) is 6.42 Å². The Hall–Kier alpha value is -2.95. The van der Waals surface area contributed by atoms with E-state index < -0.39 is 6.36 Å². The van der Waals surface area contributed by atoms with E-state index in [1.165, 1.54) is 23.3 Å². The van der Waals surface area contributed by atoms with Crippen molar-refractivity contribution in [2.45, 2.75) is 45.4 Å². The van der Waals surface area contributed by atoms with Crippen LogP contribution in [0.25, 0.3) is 11.1 Å². The van der Waals surface area contributed by atoms with Crippen molar-refractivity contribution < 1.29 is 23.0 Å². The van der Waals surface area contributed by atoms with Crippen LogP contribution in [0.1, 0.15) is 37.5 Å². The summed E-state index contributed by atoms with van der Waals surface area (Å²) >= 11 is 0. The maximum absolute atomic E-state index is 12.3. The first-order valence-corrected chi connectivity index (χ1v) is 9.79. The summed E-state index contributed by atoms with van der Waals surface area (Å²) < 4.78 is 40.9. The molecule has 0 unspecified atom stereocenters. The monoisotopic (exact) mass is 414 g/mol. The first kappa shape index (κ1) is 21.8. The van der Waals surface area contributed by atoms with Gasteiger partial charge >= 0.3 is 6.36 Å². The van der Waals surface area contributed by atoms with E-state index >= 15 is 0 Å². The highest BCUT2D eigenvalue weighted by Gasteiger charge is 2.30. The van der Waals surface area contributed by atoms with Gasteiger partial charge in [0.2, 0.25) is 0 Å². The molecule has 2 nitrogen and oxygen atoms in total. The van der Waals surface area contributed by atoms with Crippen LogP contribution in [0.5, 0.6) is 11.5 Å². The number of hydrogen-bond acceptors (Lipinski definition) is 2. The summed E-state index contributed by atoms with van der Waals surface area (Å²) in [6.07, 6.45) is -3.28. The summed E-state index contributed by atoms with van der Waals surface area (Å²) in [5.41, 5.74) is 4.93. The van der Waals surface area contributed by atoms with Gasteiger partial charge in [-0.2, -0.15) is 0 Å². The van der Waals surface area contributed by atoms with Crippen molar-refractivity contribution in [2.24, 2.45) is 0 Å². The predicted octanol–water partition coefficient (Wildman–Crippen LogP) is 7.04. The maximum Gasteiger partial charge on any atom is 0.573 e. The van der Waals surface area contributed by atoms with Crippen LogP contribution in [0.4, 0.5) is 13.2 Å². The van der Waals surface area contributed by atoms with Gasteiger partial charge in [0.15, 0.2) is 0 Å². The van der Waals surface area contributed by atoms with E-state index in [0.717, 1.165) is 23.1 Å². The molecule has 0 heterocycles. The minimum atomic E-state index is -4.71. The highest BCUT2D eigenvalue weighted by atomic mass is 19.4. The first-order chi connectivity index (χ1) is 14.0. The minimum absolute atomic E-state index is 0.103. The molecule has 0 fully saturated rings. The lowest BCUT2D eigenvalue weighted by Crippen LogP contribution is -2.16. The molecule has 0 spiro atoms. The average molecular weight is 414 g/mol. The van der Waals surface area contributed by atoms with Crippen LogP contribution in [-0.4, -0.2) is 11.5 Å². The van der Waals surface area contributed by atoms with Gasteiger partial charge in [-0.15, -0.1) is 13.2 Å². The first-order valence-electron chi connectivity index (χ1n) is 9.79. The lowest BCUT2D eigenvalue weighted by atomic mass is 9.86. The molecule has 0 aliphatic heterocycles. The smallest absolute Gasteiger partial charge is 0.508 e. The molecule has 0 saturated heterocycles. The standard InChI is InChI=1S/C25H25F3O2/c1-24(2,3)21-11-5-17(6-12-21)4-7-20-16-19(10-15-23(20)29)18-8-13-22(14-9-18)30-25(26,27)28/h5-6,8-16,29H,4,7H2,1-3H3. The Balaban J connectivity index is 1.72. The van der Waals surface area contributed by atoms with E-state index in [2.05, 4.69) is 49.8 Å². The van der Waals surface area contributed by atoms with Gasteiger partial charge in [-0.05, 0) is 70.3 Å². The largest absolute Gasteiger partial charge is 0.573 e. The van der Waals surface area contributed by atoms with Gasteiger partial charge in [0.05, 0.1) is 0 Å². The van der Waals surface area contributed by atoms with Gasteiger partial charge in [-0.25, -0.2) is 0 Å². The molecule has 1 N–H and O–H groups in total. The number of benzene rings is 3. The summed E-state index contributed by atoms with van der Waals surface area (Å²) in [5, 5.41) is 10.2. The molecule has 0 amide bonds. The molecular weight excluding hydrogens is 389 g/mol. The second-order valence-electron chi connectivity index (χ2n) is 8.36. The van der Waals surface area contributed by atoms with Crippen LogP contribution >= 0.6 is 0 Å². The Morgan fingerprint density at radius 1 is 0.767 bits per heavy atom. The molecule has 30 heavy (non-hydrogen) atoms. The van der Waals surface area contributed by atoms with Crippen LogP contribution in [-0.2, 0) is 18.3 Å². The molecule has 0 atom stereocenters. The molecule has 3 aromatic rings. The Kier molecular flexibility index (Phi) is 6.11. The summed E-state index contributed by atoms with van der Waals surface area (Å²) in [6.45, 7) is 6.52. The summed E-state index contributed by atoms with van der Waals surface area (Å²) in [7, 11) is 0. The Morgan fingerprint density at radius 3 is 1.93 bits per heavy atom. The van der Waals surface area contributed by atoms with E-state index in [1.807, 2.05) is 6.07 Å². The fraction of sp³-hybridized carbons (Fsp3) is 0.280. The molecule has 0 aliphatic rings. The van der Waals surface area contributed by atoms with E-state index in [-0.39, 0.29) is 16.9 Å². The second kappa shape index (κ2) is 8.42. The number of rotatable bonds is 5. The van der Waals surface area contributed by atoms with Gasteiger partial charge in [-0.1, -0.05) is 63.2 Å². The molecule has 0 aliphatic carbocycles. The molecule has 5 heteroatoms. The van der Waals surface area contributed by atoms with Crippen LogP contribution in [0.2, 0.25) is 0 Å². The Morgan fingerprint density at radius 2 is 1.37 bits per heavy atom. The Bertz CT molecular complexity index is 983. The third kappa shape index (κ3) is 5.78. The number of ether oxygens (including phenoxy) is 1. The highest BCUT2D eigenvalue weighted by Crippen LogP contribution is 2.30. The zero-order valence-corrected chi connectivity index (χ0v) is 17.3. The SMILES string of the molecule is CC(C)(C)c1ccc(CCc2cc(-c3ccc(OC(F)(F)F)cc3)ccc2O)cc1. The van der Waals surface area contributed by atoms with Crippen molar-refractivity contribution in [3.8, 4) is 22.6 Å². The normalized spacial score (nSPS) is 12.1. The number of halogens is 3. The fourth-order valence-electron chi connectivity index (χ4n) is 3.26. The predicted molar refractivity (Wildman–Crippen MR) is 113 cm³/mol. The molecule has 0 aromatic heterocycles. The molecule has 3 aromatic carbocycles. The zero-order chi connectivity index (χ0) is 21.9. The third-order valence-corrected chi connectivity index (χ3v) is 5.00. The molecule has 158 valence electrons. The zero-order valence-electron chi connectivity index (χ0n) is 17.3. The lowest BCUT2D eigenvalue weighted by molar-refractivity contribution is -0.274. The number of aromatic hydroxyl groups is 1. The number of alkyl halides is 3. The summed E-state index contributed by atoms with van der Waals surface area (Å²) in [5.74, 6) is -0.0500. The summed E-state index contributed by atoms with van der Waals surface area (Å²) in [6, 6.07) is 19.4. The molecule has 0 radical (unpaired) electrons. The maximum atomic E-state index is 12.3. The van der Waals surface area contributed by atoms with Crippen molar-refractivity contribution in [1.29, 1.82) is 0 Å². The van der Waals surface area contributed by atoms with Crippen LogP contribution in [0.3, 0.4) is 0 Å². The van der Waals surface area contributed by atoms with Crippen LogP contribution in [0.15, 0.2) is 66.7 Å². The van der Waals surface area contributed by atoms with Gasteiger partial charge in [0, 0.05) is 0 Å². The van der Waals surface area contributed by atoms with E-state index in [4.69, 9.17) is 0 Å². The van der Waals surface area contributed by atoms with Gasteiger partial charge < -0.3 is 9.84 Å². The number of phenols is 1.